The van der Waals surface area contributed by atoms with E-state index >= 15 is 0 Å². The normalized spacial score (nSPS) is 10.6. The molecule has 0 saturated heterocycles. The Morgan fingerprint density at radius 1 is 1.03 bits per heavy atom. The summed E-state index contributed by atoms with van der Waals surface area (Å²) in [5.41, 5.74) is 2.57. The van der Waals surface area contributed by atoms with E-state index in [1.165, 1.54) is 12.1 Å². The maximum Gasteiger partial charge on any atom is 0.256 e. The molecule has 3 aromatic carbocycles. The number of ether oxygens (including phenoxy) is 1. The van der Waals surface area contributed by atoms with Crippen LogP contribution in [-0.4, -0.2) is 22.8 Å². The SMILES string of the molecule is COc1ccc(-c2cc(NC(=O)c3ccc(F)c(Cl)c3)n(-c3ccccc3)n2)cc1. The highest BCUT2D eigenvalue weighted by Crippen LogP contribution is 2.27. The molecule has 0 saturated carbocycles. The zero-order valence-electron chi connectivity index (χ0n) is 16.0. The molecular weight excluding hydrogens is 405 g/mol. The van der Waals surface area contributed by atoms with Crippen LogP contribution in [0.25, 0.3) is 16.9 Å². The van der Waals surface area contributed by atoms with Crippen LogP contribution in [0, 0.1) is 5.82 Å². The summed E-state index contributed by atoms with van der Waals surface area (Å²) < 4.78 is 20.3. The van der Waals surface area contributed by atoms with Gasteiger partial charge in [0.15, 0.2) is 0 Å². The molecular formula is C23H17ClFN3O2. The third-order valence-corrected chi connectivity index (χ3v) is 4.81. The van der Waals surface area contributed by atoms with Crippen LogP contribution in [0.1, 0.15) is 10.4 Å². The number of anilines is 1. The number of aromatic nitrogens is 2. The average molecular weight is 422 g/mol. The van der Waals surface area contributed by atoms with Crippen LogP contribution < -0.4 is 10.1 Å². The molecule has 1 heterocycles. The highest BCUT2D eigenvalue weighted by atomic mass is 35.5. The van der Waals surface area contributed by atoms with Crippen molar-refractivity contribution in [2.45, 2.75) is 0 Å². The first kappa shape index (κ1) is 19.7. The van der Waals surface area contributed by atoms with Gasteiger partial charge in [-0.15, -0.1) is 0 Å². The molecule has 1 aromatic heterocycles. The highest BCUT2D eigenvalue weighted by molar-refractivity contribution is 6.31. The number of nitrogens with one attached hydrogen (secondary N) is 1. The molecule has 150 valence electrons. The van der Waals surface area contributed by atoms with Gasteiger partial charge >= 0.3 is 0 Å². The number of amides is 1. The third-order valence-electron chi connectivity index (χ3n) is 4.52. The van der Waals surface area contributed by atoms with E-state index in [0.717, 1.165) is 23.1 Å². The molecule has 0 aliphatic carbocycles. The molecule has 0 aliphatic rings. The van der Waals surface area contributed by atoms with Gasteiger partial charge in [-0.1, -0.05) is 29.8 Å². The van der Waals surface area contributed by atoms with Gasteiger partial charge in [-0.2, -0.15) is 5.10 Å². The van der Waals surface area contributed by atoms with Crippen molar-refractivity contribution in [3.63, 3.8) is 0 Å². The van der Waals surface area contributed by atoms with Crippen LogP contribution in [0.2, 0.25) is 5.02 Å². The van der Waals surface area contributed by atoms with Crippen molar-refractivity contribution >= 4 is 23.3 Å². The second-order valence-electron chi connectivity index (χ2n) is 6.47. The van der Waals surface area contributed by atoms with Gasteiger partial charge in [-0.3, -0.25) is 4.79 Å². The number of methoxy groups -OCH3 is 1. The maximum absolute atomic E-state index is 13.4. The fourth-order valence-corrected chi connectivity index (χ4v) is 3.15. The Balaban J connectivity index is 1.72. The smallest absolute Gasteiger partial charge is 0.256 e. The third kappa shape index (κ3) is 4.04. The van der Waals surface area contributed by atoms with E-state index < -0.39 is 11.7 Å². The second kappa shape index (κ2) is 8.39. The van der Waals surface area contributed by atoms with E-state index in [2.05, 4.69) is 10.4 Å². The molecule has 0 radical (unpaired) electrons. The van der Waals surface area contributed by atoms with Crippen molar-refractivity contribution in [1.29, 1.82) is 0 Å². The molecule has 30 heavy (non-hydrogen) atoms. The van der Waals surface area contributed by atoms with Crippen LogP contribution in [0.15, 0.2) is 78.9 Å². The van der Waals surface area contributed by atoms with Crippen LogP contribution in [0.4, 0.5) is 10.2 Å². The number of hydrogen-bond acceptors (Lipinski definition) is 3. The number of rotatable bonds is 5. The van der Waals surface area contributed by atoms with Gasteiger partial charge in [0.1, 0.15) is 17.4 Å². The van der Waals surface area contributed by atoms with Gasteiger partial charge in [0.05, 0.1) is 23.5 Å². The minimum atomic E-state index is -0.579. The summed E-state index contributed by atoms with van der Waals surface area (Å²) in [6, 6.07) is 22.5. The lowest BCUT2D eigenvalue weighted by molar-refractivity contribution is 0.102. The lowest BCUT2D eigenvalue weighted by Crippen LogP contribution is -2.15. The number of hydrogen-bond donors (Lipinski definition) is 1. The number of carbonyl (C=O) groups excluding carboxylic acids is 1. The van der Waals surface area contributed by atoms with Crippen molar-refractivity contribution in [3.8, 4) is 22.7 Å². The molecule has 0 fully saturated rings. The van der Waals surface area contributed by atoms with Crippen LogP contribution in [-0.2, 0) is 0 Å². The molecule has 0 aliphatic heterocycles. The van der Waals surface area contributed by atoms with Gasteiger partial charge in [0.2, 0.25) is 0 Å². The molecule has 4 aromatic rings. The Bertz CT molecular complexity index is 1190. The summed E-state index contributed by atoms with van der Waals surface area (Å²) in [4.78, 5) is 12.7. The highest BCUT2D eigenvalue weighted by Gasteiger charge is 2.16. The van der Waals surface area contributed by atoms with E-state index in [-0.39, 0.29) is 10.6 Å². The number of benzene rings is 3. The summed E-state index contributed by atoms with van der Waals surface area (Å²) >= 11 is 5.81. The minimum Gasteiger partial charge on any atom is -0.497 e. The molecule has 5 nitrogen and oxygen atoms in total. The fraction of sp³-hybridized carbons (Fsp3) is 0.0435. The molecule has 4 rings (SSSR count). The Morgan fingerprint density at radius 3 is 2.43 bits per heavy atom. The largest absolute Gasteiger partial charge is 0.497 e. The quantitative estimate of drug-likeness (QED) is 0.456. The van der Waals surface area contributed by atoms with Crippen LogP contribution in [0.3, 0.4) is 0 Å². The van der Waals surface area contributed by atoms with Crippen LogP contribution >= 0.6 is 11.6 Å². The minimum absolute atomic E-state index is 0.113. The van der Waals surface area contributed by atoms with Crippen molar-refractivity contribution in [3.05, 3.63) is 95.3 Å². The summed E-state index contributed by atoms with van der Waals surface area (Å²) in [6.45, 7) is 0. The summed E-state index contributed by atoms with van der Waals surface area (Å²) in [6.07, 6.45) is 0. The molecule has 0 spiro atoms. The summed E-state index contributed by atoms with van der Waals surface area (Å²) in [5.74, 6) is 0.208. The van der Waals surface area contributed by atoms with Gasteiger partial charge < -0.3 is 10.1 Å². The number of nitrogens with zero attached hydrogens (tertiary/aromatic N) is 2. The predicted octanol–water partition coefficient (Wildman–Crippen LogP) is 5.59. The summed E-state index contributed by atoms with van der Waals surface area (Å²) in [5, 5.41) is 7.39. The second-order valence-corrected chi connectivity index (χ2v) is 6.88. The van der Waals surface area contributed by atoms with E-state index in [0.29, 0.717) is 11.5 Å². The van der Waals surface area contributed by atoms with Crippen molar-refractivity contribution in [2.24, 2.45) is 0 Å². The monoisotopic (exact) mass is 421 g/mol. The Labute approximate surface area is 177 Å². The zero-order valence-corrected chi connectivity index (χ0v) is 16.7. The van der Waals surface area contributed by atoms with Gasteiger partial charge in [-0.05, 0) is 54.6 Å². The molecule has 1 amide bonds. The first-order chi connectivity index (χ1) is 14.5. The average Bonchev–Trinajstić information content (AvgIpc) is 3.20. The maximum atomic E-state index is 13.4. The van der Waals surface area contributed by atoms with E-state index in [4.69, 9.17) is 16.3 Å². The van der Waals surface area contributed by atoms with Crippen LogP contribution in [0.5, 0.6) is 5.75 Å². The van der Waals surface area contributed by atoms with Gasteiger partial charge in [0.25, 0.3) is 5.91 Å². The molecule has 7 heteroatoms. The van der Waals surface area contributed by atoms with Crippen molar-refractivity contribution in [2.75, 3.05) is 12.4 Å². The lowest BCUT2D eigenvalue weighted by Gasteiger charge is -2.09. The first-order valence-corrected chi connectivity index (χ1v) is 9.49. The van der Waals surface area contributed by atoms with Gasteiger partial charge in [0, 0.05) is 17.2 Å². The van der Waals surface area contributed by atoms with E-state index in [1.54, 1.807) is 17.9 Å². The van der Waals surface area contributed by atoms with Crippen molar-refractivity contribution in [1.82, 2.24) is 9.78 Å². The Kier molecular flexibility index (Phi) is 5.50. The van der Waals surface area contributed by atoms with E-state index in [1.807, 2.05) is 54.6 Å². The molecule has 1 N–H and O–H groups in total. The predicted molar refractivity (Wildman–Crippen MR) is 115 cm³/mol. The molecule has 0 bridgehead atoms. The standard InChI is InChI=1S/C23H17ClFN3O2/c1-30-18-10-7-15(8-11-18)21-14-22(28(27-21)17-5-3-2-4-6-17)26-23(29)16-9-12-20(25)19(24)13-16/h2-14H,1H3,(H,26,29). The first-order valence-electron chi connectivity index (χ1n) is 9.11. The summed E-state index contributed by atoms with van der Waals surface area (Å²) in [7, 11) is 1.61. The van der Waals surface area contributed by atoms with Gasteiger partial charge in [-0.25, -0.2) is 9.07 Å². The fourth-order valence-electron chi connectivity index (χ4n) is 2.96. The Morgan fingerprint density at radius 2 is 1.77 bits per heavy atom. The number of halogens is 2. The Hall–Kier alpha value is -3.64. The number of para-hydroxylation sites is 1. The topological polar surface area (TPSA) is 56.1 Å². The molecule has 0 atom stereocenters. The molecule has 0 unspecified atom stereocenters. The van der Waals surface area contributed by atoms with Crippen molar-refractivity contribution < 1.29 is 13.9 Å². The number of carbonyl (C=O) groups is 1. The zero-order chi connectivity index (χ0) is 21.1. The lowest BCUT2D eigenvalue weighted by atomic mass is 10.1. The van der Waals surface area contributed by atoms with E-state index in [9.17, 15) is 9.18 Å².